The van der Waals surface area contributed by atoms with Crippen molar-refractivity contribution in [3.05, 3.63) is 33.2 Å². The number of ether oxygens (including phenoxy) is 3. The van der Waals surface area contributed by atoms with Crippen LogP contribution in [0.3, 0.4) is 0 Å². The molecule has 0 bridgehead atoms. The van der Waals surface area contributed by atoms with Crippen molar-refractivity contribution in [3.63, 3.8) is 0 Å². The number of aromatic nitrogens is 1. The maximum absolute atomic E-state index is 12.6. The first kappa shape index (κ1) is 15.2. The Bertz CT molecular complexity index is 657. The molecule has 0 amide bonds. The van der Waals surface area contributed by atoms with Gasteiger partial charge in [-0.05, 0) is 18.6 Å². The lowest BCUT2D eigenvalue weighted by Crippen LogP contribution is -2.34. The molecule has 1 aromatic rings. The summed E-state index contributed by atoms with van der Waals surface area (Å²) in [6.07, 6.45) is 0.633. The third-order valence-corrected chi connectivity index (χ3v) is 4.42. The summed E-state index contributed by atoms with van der Waals surface area (Å²) in [5.41, 5.74) is 1.97. The standard InChI is InChI=1S/C14H15NO5.C2H6/c1-8-9-6-11-14(19-4-5-20-14)2-3-15(11)12(16)10(9)7-18-13(8)17;1-2/h6,8H,2-5,7H2,1H3;1-2H3. The maximum Gasteiger partial charge on any atom is 0.313 e. The van der Waals surface area contributed by atoms with Crippen LogP contribution >= 0.6 is 0 Å². The van der Waals surface area contributed by atoms with Crippen LogP contribution in [0.5, 0.6) is 0 Å². The molecule has 6 heteroatoms. The predicted molar refractivity (Wildman–Crippen MR) is 78.5 cm³/mol. The Kier molecular flexibility index (Phi) is 3.82. The molecule has 4 rings (SSSR count). The normalized spacial score (nSPS) is 24.3. The molecule has 3 aliphatic heterocycles. The van der Waals surface area contributed by atoms with Crippen LogP contribution in [0, 0.1) is 0 Å². The van der Waals surface area contributed by atoms with Crippen LogP contribution < -0.4 is 5.56 Å². The van der Waals surface area contributed by atoms with Gasteiger partial charge >= 0.3 is 5.97 Å². The first-order valence-corrected chi connectivity index (χ1v) is 7.84. The zero-order chi connectivity index (χ0) is 15.9. The second-order valence-electron chi connectivity index (χ2n) is 5.45. The van der Waals surface area contributed by atoms with Crippen LogP contribution in [0.25, 0.3) is 0 Å². The molecule has 3 aliphatic rings. The Labute approximate surface area is 129 Å². The van der Waals surface area contributed by atoms with Crippen molar-refractivity contribution in [3.8, 4) is 0 Å². The summed E-state index contributed by atoms with van der Waals surface area (Å²) in [7, 11) is 0. The van der Waals surface area contributed by atoms with Crippen molar-refractivity contribution >= 4 is 5.97 Å². The van der Waals surface area contributed by atoms with Crippen molar-refractivity contribution in [2.24, 2.45) is 0 Å². The van der Waals surface area contributed by atoms with Crippen molar-refractivity contribution in [2.75, 3.05) is 13.2 Å². The minimum Gasteiger partial charge on any atom is -0.460 e. The molecular formula is C16H21NO5. The molecule has 6 nitrogen and oxygen atoms in total. The first-order chi connectivity index (χ1) is 10.6. The highest BCUT2D eigenvalue weighted by molar-refractivity contribution is 5.79. The number of fused-ring (bicyclic) bond motifs is 3. The largest absolute Gasteiger partial charge is 0.460 e. The van der Waals surface area contributed by atoms with E-state index in [1.807, 2.05) is 19.9 Å². The Morgan fingerprint density at radius 1 is 1.23 bits per heavy atom. The van der Waals surface area contributed by atoms with Gasteiger partial charge in [0.2, 0.25) is 5.79 Å². The van der Waals surface area contributed by atoms with Crippen LogP contribution in [0.15, 0.2) is 10.9 Å². The van der Waals surface area contributed by atoms with E-state index >= 15 is 0 Å². The lowest BCUT2D eigenvalue weighted by Gasteiger charge is -2.26. The second-order valence-corrected chi connectivity index (χ2v) is 5.45. The molecule has 1 saturated heterocycles. The molecule has 0 aliphatic carbocycles. The highest BCUT2D eigenvalue weighted by atomic mass is 16.7. The molecule has 0 aromatic carbocycles. The van der Waals surface area contributed by atoms with Gasteiger partial charge in [-0.2, -0.15) is 0 Å². The van der Waals surface area contributed by atoms with Gasteiger partial charge in [-0.25, -0.2) is 0 Å². The first-order valence-electron chi connectivity index (χ1n) is 7.84. The van der Waals surface area contributed by atoms with Gasteiger partial charge in [0.05, 0.1) is 30.4 Å². The molecule has 1 fully saturated rings. The summed E-state index contributed by atoms with van der Waals surface area (Å²) < 4.78 is 18.2. The van der Waals surface area contributed by atoms with E-state index in [1.54, 1.807) is 11.5 Å². The quantitative estimate of drug-likeness (QED) is 0.682. The summed E-state index contributed by atoms with van der Waals surface area (Å²) >= 11 is 0. The fourth-order valence-electron chi connectivity index (χ4n) is 3.31. The lowest BCUT2D eigenvalue weighted by atomic mass is 9.93. The fraction of sp³-hybridized carbons (Fsp3) is 0.625. The number of pyridine rings is 1. The smallest absolute Gasteiger partial charge is 0.313 e. The third-order valence-electron chi connectivity index (χ3n) is 4.42. The predicted octanol–water partition coefficient (Wildman–Crippen LogP) is 1.64. The monoisotopic (exact) mass is 307 g/mol. The summed E-state index contributed by atoms with van der Waals surface area (Å²) in [6.45, 7) is 7.46. The number of cyclic esters (lactones) is 1. The van der Waals surface area contributed by atoms with E-state index in [9.17, 15) is 9.59 Å². The van der Waals surface area contributed by atoms with Gasteiger partial charge in [0.15, 0.2) is 0 Å². The highest BCUT2D eigenvalue weighted by Gasteiger charge is 2.46. The summed E-state index contributed by atoms with van der Waals surface area (Å²) in [5, 5.41) is 0. The summed E-state index contributed by atoms with van der Waals surface area (Å²) in [5.74, 6) is -1.51. The molecule has 0 saturated carbocycles. The average molecular weight is 307 g/mol. The van der Waals surface area contributed by atoms with Crippen molar-refractivity contribution < 1.29 is 19.0 Å². The van der Waals surface area contributed by atoms with E-state index in [0.717, 1.165) is 11.3 Å². The molecule has 1 aromatic heterocycles. The number of carbonyl (C=O) groups excluding carboxylic acids is 1. The number of hydrogen-bond acceptors (Lipinski definition) is 5. The van der Waals surface area contributed by atoms with Crippen molar-refractivity contribution in [2.45, 2.75) is 52.0 Å². The van der Waals surface area contributed by atoms with Crippen molar-refractivity contribution in [1.29, 1.82) is 0 Å². The minimum absolute atomic E-state index is 0.0618. The molecule has 1 spiro atoms. The number of rotatable bonds is 0. The summed E-state index contributed by atoms with van der Waals surface area (Å²) in [4.78, 5) is 24.2. The van der Waals surface area contributed by atoms with Crippen molar-refractivity contribution in [1.82, 2.24) is 4.57 Å². The Hall–Kier alpha value is -1.66. The average Bonchev–Trinajstić information content (AvgIpc) is 3.15. The van der Waals surface area contributed by atoms with E-state index in [-0.39, 0.29) is 18.1 Å². The Balaban J connectivity index is 0.000000693. The Morgan fingerprint density at radius 3 is 2.59 bits per heavy atom. The molecule has 1 unspecified atom stereocenters. The maximum atomic E-state index is 12.6. The molecule has 0 radical (unpaired) electrons. The van der Waals surface area contributed by atoms with E-state index in [0.29, 0.717) is 31.7 Å². The lowest BCUT2D eigenvalue weighted by molar-refractivity contribution is -0.163. The fourth-order valence-corrected chi connectivity index (χ4v) is 3.31. The molecule has 1 atom stereocenters. The summed E-state index contributed by atoms with van der Waals surface area (Å²) in [6, 6.07) is 1.89. The second kappa shape index (κ2) is 5.52. The van der Waals surface area contributed by atoms with Crippen LogP contribution in [0.2, 0.25) is 0 Å². The van der Waals surface area contributed by atoms with Crippen LogP contribution in [-0.2, 0) is 37.9 Å². The SMILES string of the molecule is CC.CC1C(=O)OCc2c1cc1n(c2=O)CCC12OCCO2. The third kappa shape index (κ3) is 2.01. The van der Waals surface area contributed by atoms with Gasteiger partial charge in [0.25, 0.3) is 5.56 Å². The molecule has 0 N–H and O–H groups in total. The van der Waals surface area contributed by atoms with E-state index in [4.69, 9.17) is 14.2 Å². The van der Waals surface area contributed by atoms with Crippen LogP contribution in [-0.4, -0.2) is 23.8 Å². The zero-order valence-corrected chi connectivity index (χ0v) is 13.2. The van der Waals surface area contributed by atoms with Gasteiger partial charge in [-0.1, -0.05) is 13.8 Å². The van der Waals surface area contributed by atoms with Gasteiger partial charge in [0, 0.05) is 13.0 Å². The molecule has 4 heterocycles. The van der Waals surface area contributed by atoms with Gasteiger partial charge in [0.1, 0.15) is 6.61 Å². The van der Waals surface area contributed by atoms with Gasteiger partial charge in [-0.15, -0.1) is 0 Å². The molecule has 120 valence electrons. The number of nitrogens with zero attached hydrogens (tertiary/aromatic N) is 1. The van der Waals surface area contributed by atoms with E-state index in [2.05, 4.69) is 0 Å². The van der Waals surface area contributed by atoms with Gasteiger partial charge < -0.3 is 18.8 Å². The van der Waals surface area contributed by atoms with E-state index in [1.165, 1.54) is 0 Å². The number of carbonyl (C=O) groups is 1. The zero-order valence-electron chi connectivity index (χ0n) is 13.2. The Morgan fingerprint density at radius 2 is 1.91 bits per heavy atom. The highest BCUT2D eigenvalue weighted by Crippen LogP contribution is 2.41. The number of hydrogen-bond donors (Lipinski definition) is 0. The number of esters is 1. The van der Waals surface area contributed by atoms with E-state index < -0.39 is 11.7 Å². The van der Waals surface area contributed by atoms with Gasteiger partial charge in [-0.3, -0.25) is 9.59 Å². The molecule has 22 heavy (non-hydrogen) atoms. The van der Waals surface area contributed by atoms with Crippen LogP contribution in [0.1, 0.15) is 49.9 Å². The topological polar surface area (TPSA) is 66.8 Å². The molecular weight excluding hydrogens is 286 g/mol. The van der Waals surface area contributed by atoms with Crippen LogP contribution in [0.4, 0.5) is 0 Å². The minimum atomic E-state index is -0.796.